The van der Waals surface area contributed by atoms with E-state index in [-0.39, 0.29) is 11.6 Å². The number of ether oxygens (including phenoxy) is 4. The Hall–Kier alpha value is -2.73. The minimum absolute atomic E-state index is 0.145. The third-order valence-electron chi connectivity index (χ3n) is 6.31. The second-order valence-electron chi connectivity index (χ2n) is 8.80. The highest BCUT2D eigenvalue weighted by Crippen LogP contribution is 2.51. The maximum absolute atomic E-state index is 6.67. The SMILES string of the molecule is COc1ccc(C2=NN3[C@H](C2)c2ccccc2O[C@@]32CCOC(C)(C)C2)cc1OC. The number of para-hydroxylation sites is 1. The molecule has 3 aliphatic rings. The van der Waals surface area contributed by atoms with Crippen molar-refractivity contribution in [3.63, 3.8) is 0 Å². The molecule has 1 fully saturated rings. The summed E-state index contributed by atoms with van der Waals surface area (Å²) in [5.74, 6) is 2.38. The molecule has 0 aliphatic carbocycles. The van der Waals surface area contributed by atoms with Crippen LogP contribution in [0.4, 0.5) is 0 Å². The van der Waals surface area contributed by atoms with Crippen molar-refractivity contribution in [2.24, 2.45) is 5.10 Å². The molecule has 0 N–H and O–H groups in total. The molecule has 0 bridgehead atoms. The van der Waals surface area contributed by atoms with E-state index in [4.69, 9.17) is 24.0 Å². The van der Waals surface area contributed by atoms with Crippen LogP contribution in [0.3, 0.4) is 0 Å². The van der Waals surface area contributed by atoms with Crippen LogP contribution in [0.1, 0.15) is 50.3 Å². The molecule has 2 aromatic carbocycles. The summed E-state index contributed by atoms with van der Waals surface area (Å²) < 4.78 is 23.6. The second-order valence-corrected chi connectivity index (χ2v) is 8.80. The van der Waals surface area contributed by atoms with Gasteiger partial charge in [-0.25, -0.2) is 5.01 Å². The molecule has 3 heterocycles. The molecule has 30 heavy (non-hydrogen) atoms. The van der Waals surface area contributed by atoms with Crippen molar-refractivity contribution in [1.82, 2.24) is 5.01 Å². The van der Waals surface area contributed by atoms with Gasteiger partial charge in [0.2, 0.25) is 5.72 Å². The Balaban J connectivity index is 1.58. The first kappa shape index (κ1) is 19.2. The lowest BCUT2D eigenvalue weighted by Crippen LogP contribution is -2.60. The molecule has 5 rings (SSSR count). The largest absolute Gasteiger partial charge is 0.493 e. The van der Waals surface area contributed by atoms with Crippen LogP contribution in [0.25, 0.3) is 0 Å². The van der Waals surface area contributed by atoms with Crippen molar-refractivity contribution >= 4 is 5.71 Å². The van der Waals surface area contributed by atoms with Crippen molar-refractivity contribution in [2.75, 3.05) is 20.8 Å². The normalized spacial score (nSPS) is 26.5. The predicted molar refractivity (Wildman–Crippen MR) is 114 cm³/mol. The van der Waals surface area contributed by atoms with Gasteiger partial charge in [-0.15, -0.1) is 0 Å². The fourth-order valence-corrected chi connectivity index (χ4v) is 4.99. The number of fused-ring (bicyclic) bond motifs is 4. The first-order valence-electron chi connectivity index (χ1n) is 10.5. The van der Waals surface area contributed by atoms with Crippen LogP contribution in [-0.2, 0) is 4.74 Å². The third kappa shape index (κ3) is 3.01. The molecule has 3 aliphatic heterocycles. The molecule has 0 radical (unpaired) electrons. The zero-order valence-corrected chi connectivity index (χ0v) is 18.0. The summed E-state index contributed by atoms with van der Waals surface area (Å²) in [7, 11) is 3.31. The second kappa shape index (κ2) is 6.91. The molecule has 0 unspecified atom stereocenters. The standard InChI is InChI=1S/C24H28N2O4/c1-23(2)15-24(11-12-29-23)26-19(17-7-5-6-8-20(17)30-24)14-18(25-26)16-9-10-21(27-3)22(13-16)28-4/h5-10,13,19H,11-12,14-15H2,1-4H3/t19-,24-/m1/s1. The third-order valence-corrected chi connectivity index (χ3v) is 6.31. The van der Waals surface area contributed by atoms with E-state index in [0.717, 1.165) is 36.3 Å². The van der Waals surface area contributed by atoms with Crippen LogP contribution in [0.2, 0.25) is 0 Å². The Kier molecular flexibility index (Phi) is 4.43. The van der Waals surface area contributed by atoms with Crippen molar-refractivity contribution < 1.29 is 18.9 Å². The van der Waals surface area contributed by atoms with Gasteiger partial charge in [0.15, 0.2) is 11.5 Å². The molecule has 6 nitrogen and oxygen atoms in total. The molecular formula is C24H28N2O4. The summed E-state index contributed by atoms with van der Waals surface area (Å²) in [6.45, 7) is 4.91. The van der Waals surface area contributed by atoms with Crippen LogP contribution in [0, 0.1) is 0 Å². The van der Waals surface area contributed by atoms with Gasteiger partial charge < -0.3 is 18.9 Å². The van der Waals surface area contributed by atoms with Gasteiger partial charge in [-0.1, -0.05) is 18.2 Å². The summed E-state index contributed by atoms with van der Waals surface area (Å²) >= 11 is 0. The lowest BCUT2D eigenvalue weighted by molar-refractivity contribution is -0.212. The van der Waals surface area contributed by atoms with E-state index in [1.54, 1.807) is 14.2 Å². The van der Waals surface area contributed by atoms with Crippen molar-refractivity contribution in [3.8, 4) is 17.2 Å². The van der Waals surface area contributed by atoms with E-state index in [1.165, 1.54) is 5.56 Å². The molecule has 2 aromatic rings. The minimum atomic E-state index is -0.501. The predicted octanol–water partition coefficient (Wildman–Crippen LogP) is 4.53. The molecule has 1 saturated heterocycles. The van der Waals surface area contributed by atoms with Crippen LogP contribution < -0.4 is 14.2 Å². The van der Waals surface area contributed by atoms with E-state index in [2.05, 4.69) is 37.1 Å². The van der Waals surface area contributed by atoms with Crippen LogP contribution in [0.15, 0.2) is 47.6 Å². The Morgan fingerprint density at radius 3 is 2.63 bits per heavy atom. The molecular weight excluding hydrogens is 380 g/mol. The molecule has 6 heteroatoms. The Morgan fingerprint density at radius 2 is 1.87 bits per heavy atom. The topological polar surface area (TPSA) is 52.5 Å². The number of hydrogen-bond donors (Lipinski definition) is 0. The summed E-state index contributed by atoms with van der Waals surface area (Å²) in [4.78, 5) is 0. The van der Waals surface area contributed by atoms with Crippen LogP contribution >= 0.6 is 0 Å². The average Bonchev–Trinajstić information content (AvgIpc) is 3.19. The summed E-state index contributed by atoms with van der Waals surface area (Å²) in [5.41, 5.74) is 2.49. The highest BCUT2D eigenvalue weighted by molar-refractivity contribution is 6.02. The Bertz CT molecular complexity index is 1000. The number of nitrogens with zero attached hydrogens (tertiary/aromatic N) is 2. The van der Waals surface area contributed by atoms with Gasteiger partial charge in [-0.2, -0.15) is 5.10 Å². The van der Waals surface area contributed by atoms with Crippen molar-refractivity contribution in [2.45, 2.75) is 50.5 Å². The maximum Gasteiger partial charge on any atom is 0.203 e. The van der Waals surface area contributed by atoms with Crippen LogP contribution in [0.5, 0.6) is 17.2 Å². The van der Waals surface area contributed by atoms with Crippen molar-refractivity contribution in [1.29, 1.82) is 0 Å². The lowest BCUT2D eigenvalue weighted by atomic mass is 9.86. The quantitative estimate of drug-likeness (QED) is 0.747. The van der Waals surface area contributed by atoms with Gasteiger partial charge in [0.25, 0.3) is 0 Å². The van der Waals surface area contributed by atoms with Gasteiger partial charge in [-0.3, -0.25) is 0 Å². The van der Waals surface area contributed by atoms with E-state index < -0.39 is 5.72 Å². The molecule has 0 saturated carbocycles. The monoisotopic (exact) mass is 408 g/mol. The van der Waals surface area contributed by atoms with E-state index in [0.29, 0.717) is 18.1 Å². The Morgan fingerprint density at radius 1 is 1.07 bits per heavy atom. The van der Waals surface area contributed by atoms with E-state index in [1.807, 2.05) is 24.3 Å². The fourth-order valence-electron chi connectivity index (χ4n) is 4.99. The molecule has 1 spiro atoms. The van der Waals surface area contributed by atoms with Gasteiger partial charge in [0.1, 0.15) is 5.75 Å². The number of benzene rings is 2. The number of rotatable bonds is 3. The molecule has 2 atom stereocenters. The maximum atomic E-state index is 6.67. The van der Waals surface area contributed by atoms with Gasteiger partial charge >= 0.3 is 0 Å². The van der Waals surface area contributed by atoms with E-state index in [9.17, 15) is 0 Å². The van der Waals surface area contributed by atoms with Crippen LogP contribution in [-0.4, -0.2) is 42.9 Å². The molecule has 0 aromatic heterocycles. The number of hydrogen-bond acceptors (Lipinski definition) is 6. The fraction of sp³-hybridized carbons (Fsp3) is 0.458. The minimum Gasteiger partial charge on any atom is -0.493 e. The summed E-state index contributed by atoms with van der Waals surface area (Å²) in [6.07, 6.45) is 2.36. The lowest BCUT2D eigenvalue weighted by Gasteiger charge is -2.52. The highest BCUT2D eigenvalue weighted by Gasteiger charge is 2.54. The molecule has 158 valence electrons. The zero-order valence-electron chi connectivity index (χ0n) is 18.0. The van der Waals surface area contributed by atoms with Gasteiger partial charge in [0.05, 0.1) is 38.2 Å². The average molecular weight is 408 g/mol. The highest BCUT2D eigenvalue weighted by atomic mass is 16.5. The van der Waals surface area contributed by atoms with E-state index >= 15 is 0 Å². The summed E-state index contributed by atoms with van der Waals surface area (Å²) in [6, 6.07) is 14.5. The Labute approximate surface area is 177 Å². The van der Waals surface area contributed by atoms with Crippen molar-refractivity contribution in [3.05, 3.63) is 53.6 Å². The van der Waals surface area contributed by atoms with Gasteiger partial charge in [-0.05, 0) is 38.1 Å². The number of methoxy groups -OCH3 is 2. The first-order chi connectivity index (χ1) is 14.4. The smallest absolute Gasteiger partial charge is 0.203 e. The zero-order chi connectivity index (χ0) is 20.9. The summed E-state index contributed by atoms with van der Waals surface area (Å²) in [5, 5.41) is 7.33. The first-order valence-corrected chi connectivity index (χ1v) is 10.5. The molecule has 0 amide bonds. The number of hydrazone groups is 1. The van der Waals surface area contributed by atoms with Gasteiger partial charge in [0, 0.05) is 30.4 Å².